The van der Waals surface area contributed by atoms with Crippen LogP contribution in [-0.4, -0.2) is 74.7 Å². The van der Waals surface area contributed by atoms with Crippen LogP contribution < -0.4 is 5.73 Å². The fraction of sp³-hybridized carbons (Fsp3) is 0.917. The molecule has 116 valence electrons. The number of rotatable bonds is 4. The van der Waals surface area contributed by atoms with Crippen molar-refractivity contribution in [1.29, 1.82) is 0 Å². The van der Waals surface area contributed by atoms with Crippen molar-refractivity contribution >= 4 is 15.9 Å². The SMILES string of the molecule is CCCS(=O)(=O)N1CCN(C(=O)C2COCC2N)CC1. The van der Waals surface area contributed by atoms with E-state index in [0.29, 0.717) is 45.8 Å². The lowest BCUT2D eigenvalue weighted by molar-refractivity contribution is -0.137. The summed E-state index contributed by atoms with van der Waals surface area (Å²) in [6, 6.07) is -0.246. The van der Waals surface area contributed by atoms with Crippen LogP contribution in [0.5, 0.6) is 0 Å². The normalized spacial score (nSPS) is 28.8. The van der Waals surface area contributed by atoms with E-state index in [1.54, 1.807) is 4.90 Å². The molecule has 2 rings (SSSR count). The van der Waals surface area contributed by atoms with Crippen molar-refractivity contribution in [2.24, 2.45) is 11.7 Å². The first-order valence-corrected chi connectivity index (χ1v) is 8.66. The zero-order chi connectivity index (χ0) is 14.8. The number of piperazine rings is 1. The third-order valence-electron chi connectivity index (χ3n) is 3.85. The number of hydrogen-bond donors (Lipinski definition) is 1. The summed E-state index contributed by atoms with van der Waals surface area (Å²) >= 11 is 0. The highest BCUT2D eigenvalue weighted by Crippen LogP contribution is 2.17. The summed E-state index contributed by atoms with van der Waals surface area (Å²) in [5, 5.41) is 0. The lowest BCUT2D eigenvalue weighted by Crippen LogP contribution is -2.54. The van der Waals surface area contributed by atoms with Gasteiger partial charge < -0.3 is 15.4 Å². The van der Waals surface area contributed by atoms with E-state index in [1.165, 1.54) is 4.31 Å². The van der Waals surface area contributed by atoms with Crippen LogP contribution >= 0.6 is 0 Å². The minimum absolute atomic E-state index is 0.0115. The van der Waals surface area contributed by atoms with E-state index in [0.717, 1.165) is 0 Å². The second kappa shape index (κ2) is 6.38. The van der Waals surface area contributed by atoms with Crippen LogP contribution in [0, 0.1) is 5.92 Å². The Kier molecular flexibility index (Phi) is 5.00. The third kappa shape index (κ3) is 3.30. The molecule has 2 N–H and O–H groups in total. The molecule has 0 aromatic carbocycles. The number of nitrogens with zero attached hydrogens (tertiary/aromatic N) is 2. The van der Waals surface area contributed by atoms with Crippen molar-refractivity contribution in [2.75, 3.05) is 45.1 Å². The van der Waals surface area contributed by atoms with Gasteiger partial charge in [-0.2, -0.15) is 4.31 Å². The Labute approximate surface area is 120 Å². The Morgan fingerprint density at radius 3 is 2.40 bits per heavy atom. The van der Waals surface area contributed by atoms with Crippen LogP contribution in [-0.2, 0) is 19.6 Å². The smallest absolute Gasteiger partial charge is 0.229 e. The first-order valence-electron chi connectivity index (χ1n) is 7.05. The Morgan fingerprint density at radius 1 is 1.25 bits per heavy atom. The molecule has 7 nitrogen and oxygen atoms in total. The molecule has 8 heteroatoms. The molecule has 2 aliphatic heterocycles. The van der Waals surface area contributed by atoms with E-state index in [2.05, 4.69) is 0 Å². The first-order chi connectivity index (χ1) is 9.45. The van der Waals surface area contributed by atoms with Crippen LogP contribution in [0.25, 0.3) is 0 Å². The largest absolute Gasteiger partial charge is 0.379 e. The molecular weight excluding hydrogens is 282 g/mol. The highest BCUT2D eigenvalue weighted by atomic mass is 32.2. The summed E-state index contributed by atoms with van der Waals surface area (Å²) in [7, 11) is -3.17. The fourth-order valence-corrected chi connectivity index (χ4v) is 4.13. The lowest BCUT2D eigenvalue weighted by Gasteiger charge is -2.35. The maximum absolute atomic E-state index is 12.3. The van der Waals surface area contributed by atoms with Gasteiger partial charge in [0.2, 0.25) is 15.9 Å². The van der Waals surface area contributed by atoms with Gasteiger partial charge in [-0.15, -0.1) is 0 Å². The Balaban J connectivity index is 1.89. The molecule has 1 amide bonds. The molecule has 0 radical (unpaired) electrons. The van der Waals surface area contributed by atoms with Crippen molar-refractivity contribution in [3.05, 3.63) is 0 Å². The second-order valence-electron chi connectivity index (χ2n) is 5.35. The van der Waals surface area contributed by atoms with E-state index in [9.17, 15) is 13.2 Å². The number of carbonyl (C=O) groups is 1. The molecule has 2 atom stereocenters. The third-order valence-corrected chi connectivity index (χ3v) is 5.92. The van der Waals surface area contributed by atoms with E-state index in [4.69, 9.17) is 10.5 Å². The van der Waals surface area contributed by atoms with Gasteiger partial charge in [0.1, 0.15) is 0 Å². The minimum atomic E-state index is -3.17. The number of hydrogen-bond acceptors (Lipinski definition) is 5. The molecule has 0 bridgehead atoms. The van der Waals surface area contributed by atoms with Gasteiger partial charge in [-0.3, -0.25) is 4.79 Å². The van der Waals surface area contributed by atoms with Gasteiger partial charge in [0.25, 0.3) is 0 Å². The number of amides is 1. The number of ether oxygens (including phenoxy) is 1. The molecule has 20 heavy (non-hydrogen) atoms. The Hall–Kier alpha value is -0.700. The summed E-state index contributed by atoms with van der Waals surface area (Å²) < 4.78 is 30.6. The molecule has 2 fully saturated rings. The van der Waals surface area contributed by atoms with Gasteiger partial charge in [0, 0.05) is 32.2 Å². The molecule has 0 aromatic heterocycles. The van der Waals surface area contributed by atoms with Crippen molar-refractivity contribution in [2.45, 2.75) is 19.4 Å². The van der Waals surface area contributed by atoms with Gasteiger partial charge in [-0.05, 0) is 6.42 Å². The van der Waals surface area contributed by atoms with Gasteiger partial charge in [-0.1, -0.05) is 6.92 Å². The lowest BCUT2D eigenvalue weighted by atomic mass is 10.0. The second-order valence-corrected chi connectivity index (χ2v) is 7.44. The predicted octanol–water partition coefficient (Wildman–Crippen LogP) is -1.16. The summed E-state index contributed by atoms with van der Waals surface area (Å²) in [6.07, 6.45) is 0.607. The highest BCUT2D eigenvalue weighted by Gasteiger charge is 2.36. The summed E-state index contributed by atoms with van der Waals surface area (Å²) in [5.74, 6) is -0.126. The molecular formula is C12H23N3O4S. The van der Waals surface area contributed by atoms with E-state index in [-0.39, 0.29) is 23.6 Å². The van der Waals surface area contributed by atoms with E-state index in [1.807, 2.05) is 6.92 Å². The van der Waals surface area contributed by atoms with Gasteiger partial charge >= 0.3 is 0 Å². The molecule has 0 spiro atoms. The standard InChI is InChI=1S/C12H23N3O4S/c1-2-7-20(17,18)15-5-3-14(4-6-15)12(16)10-8-19-9-11(10)13/h10-11H,2-9,13H2,1H3. The average Bonchev–Trinajstić information content (AvgIpc) is 2.84. The van der Waals surface area contributed by atoms with Crippen LogP contribution in [0.2, 0.25) is 0 Å². The van der Waals surface area contributed by atoms with E-state index < -0.39 is 10.0 Å². The van der Waals surface area contributed by atoms with Crippen LogP contribution in [0.1, 0.15) is 13.3 Å². The van der Waals surface area contributed by atoms with Gasteiger partial charge in [-0.25, -0.2) is 8.42 Å². The summed E-state index contributed by atoms with van der Waals surface area (Å²) in [5.41, 5.74) is 5.84. The van der Waals surface area contributed by atoms with Crippen molar-refractivity contribution < 1.29 is 17.9 Å². The first kappa shape index (κ1) is 15.7. The highest BCUT2D eigenvalue weighted by molar-refractivity contribution is 7.89. The average molecular weight is 305 g/mol. The molecule has 2 saturated heterocycles. The van der Waals surface area contributed by atoms with Crippen molar-refractivity contribution in [3.63, 3.8) is 0 Å². The maximum atomic E-state index is 12.3. The van der Waals surface area contributed by atoms with E-state index >= 15 is 0 Å². The van der Waals surface area contributed by atoms with Crippen LogP contribution in [0.3, 0.4) is 0 Å². The Bertz CT molecular complexity index is 446. The minimum Gasteiger partial charge on any atom is -0.379 e. The predicted molar refractivity (Wildman–Crippen MR) is 74.5 cm³/mol. The molecule has 2 aliphatic rings. The van der Waals surface area contributed by atoms with Gasteiger partial charge in [0.05, 0.1) is 24.9 Å². The summed E-state index contributed by atoms with van der Waals surface area (Å²) in [6.45, 7) is 4.25. The van der Waals surface area contributed by atoms with Crippen molar-refractivity contribution in [3.8, 4) is 0 Å². The number of carbonyl (C=O) groups excluding carboxylic acids is 1. The monoisotopic (exact) mass is 305 g/mol. The van der Waals surface area contributed by atoms with Crippen LogP contribution in [0.15, 0.2) is 0 Å². The zero-order valence-corrected chi connectivity index (χ0v) is 12.6. The van der Waals surface area contributed by atoms with Gasteiger partial charge in [0.15, 0.2) is 0 Å². The molecule has 2 heterocycles. The molecule has 2 unspecified atom stereocenters. The topological polar surface area (TPSA) is 92.9 Å². The molecule has 0 saturated carbocycles. The fourth-order valence-electron chi connectivity index (χ4n) is 2.63. The van der Waals surface area contributed by atoms with Crippen LogP contribution in [0.4, 0.5) is 0 Å². The maximum Gasteiger partial charge on any atom is 0.229 e. The number of sulfonamides is 1. The molecule has 0 aromatic rings. The zero-order valence-electron chi connectivity index (χ0n) is 11.8. The molecule has 0 aliphatic carbocycles. The van der Waals surface area contributed by atoms with Crippen molar-refractivity contribution in [1.82, 2.24) is 9.21 Å². The quantitative estimate of drug-likeness (QED) is 0.707. The number of nitrogens with two attached hydrogens (primary N) is 1. The Morgan fingerprint density at radius 2 is 1.90 bits per heavy atom. The summed E-state index contributed by atoms with van der Waals surface area (Å²) in [4.78, 5) is 14.0.